The quantitative estimate of drug-likeness (QED) is 0.853. The van der Waals surface area contributed by atoms with Gasteiger partial charge in [0, 0.05) is 44.4 Å². The molecule has 5 nitrogen and oxygen atoms in total. The largest absolute Gasteiger partial charge is 0.389 e. The van der Waals surface area contributed by atoms with E-state index in [2.05, 4.69) is 9.97 Å². The first-order valence-electron chi connectivity index (χ1n) is 7.29. The van der Waals surface area contributed by atoms with Gasteiger partial charge >= 0.3 is 6.18 Å². The lowest BCUT2D eigenvalue weighted by Gasteiger charge is -2.35. The number of carbonyl (C=O) groups excluding carboxylic acids is 1. The van der Waals surface area contributed by atoms with E-state index in [9.17, 15) is 18.0 Å². The van der Waals surface area contributed by atoms with Gasteiger partial charge in [0.25, 0.3) is 0 Å². The van der Waals surface area contributed by atoms with Gasteiger partial charge in [0.15, 0.2) is 0 Å². The number of rotatable bonds is 4. The molecule has 0 aliphatic carbocycles. The molecule has 0 bridgehead atoms. The van der Waals surface area contributed by atoms with Crippen LogP contribution >= 0.6 is 0 Å². The molecule has 1 saturated heterocycles. The molecule has 0 N–H and O–H groups in total. The maximum atomic E-state index is 12.1. The number of aromatic nitrogens is 2. The highest BCUT2D eigenvalue weighted by Gasteiger charge is 2.30. The van der Waals surface area contributed by atoms with Crippen LogP contribution in [0, 0.1) is 0 Å². The van der Waals surface area contributed by atoms with Crippen molar-refractivity contribution in [2.24, 2.45) is 0 Å². The molecule has 2 rings (SSSR count). The molecule has 1 aromatic heterocycles. The standard InChI is InChI=1S/C14H19F3N4O/c1-2-11-9-12(19-10-18-11)20-5-7-21(8-6-20)13(22)3-4-14(15,16)17/h9-10H,2-8H2,1H3. The van der Waals surface area contributed by atoms with Gasteiger partial charge in [-0.3, -0.25) is 4.79 Å². The second-order valence-corrected chi connectivity index (χ2v) is 5.20. The molecule has 0 saturated carbocycles. The number of piperazine rings is 1. The second-order valence-electron chi connectivity index (χ2n) is 5.20. The van der Waals surface area contributed by atoms with Crippen molar-refractivity contribution in [1.29, 1.82) is 0 Å². The van der Waals surface area contributed by atoms with Crippen LogP contribution in [0.2, 0.25) is 0 Å². The van der Waals surface area contributed by atoms with Crippen molar-refractivity contribution in [3.8, 4) is 0 Å². The first-order valence-corrected chi connectivity index (χ1v) is 7.29. The van der Waals surface area contributed by atoms with Gasteiger partial charge in [0.2, 0.25) is 5.91 Å². The molecule has 22 heavy (non-hydrogen) atoms. The number of amides is 1. The molecule has 122 valence electrons. The smallest absolute Gasteiger partial charge is 0.353 e. The van der Waals surface area contributed by atoms with Crippen LogP contribution in [-0.4, -0.2) is 53.1 Å². The van der Waals surface area contributed by atoms with E-state index in [1.165, 1.54) is 11.2 Å². The van der Waals surface area contributed by atoms with Gasteiger partial charge in [-0.2, -0.15) is 13.2 Å². The summed E-state index contributed by atoms with van der Waals surface area (Å²) in [6, 6.07) is 1.90. The Morgan fingerprint density at radius 2 is 1.91 bits per heavy atom. The molecule has 1 amide bonds. The lowest BCUT2D eigenvalue weighted by molar-refractivity contribution is -0.149. The van der Waals surface area contributed by atoms with Crippen molar-refractivity contribution >= 4 is 11.7 Å². The Hall–Kier alpha value is -1.86. The van der Waals surface area contributed by atoms with E-state index in [0.717, 1.165) is 17.9 Å². The fourth-order valence-corrected chi connectivity index (χ4v) is 2.34. The molecule has 0 unspecified atom stereocenters. The van der Waals surface area contributed by atoms with Gasteiger partial charge < -0.3 is 9.80 Å². The fourth-order valence-electron chi connectivity index (χ4n) is 2.34. The molecule has 0 spiro atoms. The molecule has 0 aromatic carbocycles. The van der Waals surface area contributed by atoms with Crippen molar-refractivity contribution in [2.45, 2.75) is 32.4 Å². The monoisotopic (exact) mass is 316 g/mol. The minimum Gasteiger partial charge on any atom is -0.353 e. The van der Waals surface area contributed by atoms with E-state index < -0.39 is 24.9 Å². The van der Waals surface area contributed by atoms with E-state index >= 15 is 0 Å². The molecule has 1 fully saturated rings. The summed E-state index contributed by atoms with van der Waals surface area (Å²) in [6.45, 7) is 3.98. The minimum atomic E-state index is -4.28. The number of hydrogen-bond donors (Lipinski definition) is 0. The molecule has 0 atom stereocenters. The summed E-state index contributed by atoms with van der Waals surface area (Å²) in [7, 11) is 0. The van der Waals surface area contributed by atoms with E-state index in [-0.39, 0.29) is 0 Å². The highest BCUT2D eigenvalue weighted by Crippen LogP contribution is 2.22. The van der Waals surface area contributed by atoms with Crippen LogP contribution in [-0.2, 0) is 11.2 Å². The number of hydrogen-bond acceptors (Lipinski definition) is 4. The Morgan fingerprint density at radius 3 is 2.50 bits per heavy atom. The maximum Gasteiger partial charge on any atom is 0.389 e. The Kier molecular flexibility index (Phi) is 5.20. The van der Waals surface area contributed by atoms with Crippen LogP contribution in [0.25, 0.3) is 0 Å². The van der Waals surface area contributed by atoms with Gasteiger partial charge in [-0.15, -0.1) is 0 Å². The predicted octanol–water partition coefficient (Wildman–Crippen LogP) is 2.03. The second kappa shape index (κ2) is 6.93. The molecule has 8 heteroatoms. The Bertz CT molecular complexity index is 513. The van der Waals surface area contributed by atoms with Gasteiger partial charge in [0.1, 0.15) is 12.1 Å². The Labute approximate surface area is 127 Å². The third-order valence-electron chi connectivity index (χ3n) is 3.65. The summed E-state index contributed by atoms with van der Waals surface area (Å²) in [6.07, 6.45) is -3.50. The van der Waals surface area contributed by atoms with Gasteiger partial charge in [-0.25, -0.2) is 9.97 Å². The number of halogens is 3. The molecule has 1 aromatic rings. The zero-order chi connectivity index (χ0) is 16.2. The van der Waals surface area contributed by atoms with E-state index in [0.29, 0.717) is 26.2 Å². The number of carbonyl (C=O) groups is 1. The lowest BCUT2D eigenvalue weighted by atomic mass is 10.2. The van der Waals surface area contributed by atoms with Crippen molar-refractivity contribution in [2.75, 3.05) is 31.1 Å². The van der Waals surface area contributed by atoms with Crippen LogP contribution < -0.4 is 4.90 Å². The maximum absolute atomic E-state index is 12.1. The van der Waals surface area contributed by atoms with Gasteiger partial charge in [-0.1, -0.05) is 6.92 Å². The molecule has 0 radical (unpaired) electrons. The van der Waals surface area contributed by atoms with E-state index in [1.54, 1.807) is 0 Å². The summed E-state index contributed by atoms with van der Waals surface area (Å²) in [4.78, 5) is 23.6. The van der Waals surface area contributed by atoms with Crippen LogP contribution in [0.1, 0.15) is 25.5 Å². The summed E-state index contributed by atoms with van der Waals surface area (Å²) in [5, 5.41) is 0. The topological polar surface area (TPSA) is 49.3 Å². The Morgan fingerprint density at radius 1 is 1.23 bits per heavy atom. The van der Waals surface area contributed by atoms with Crippen LogP contribution in [0.3, 0.4) is 0 Å². The summed E-state index contributed by atoms with van der Waals surface area (Å²) >= 11 is 0. The van der Waals surface area contributed by atoms with Crippen LogP contribution in [0.5, 0.6) is 0 Å². The minimum absolute atomic E-state index is 0.419. The van der Waals surface area contributed by atoms with Gasteiger partial charge in [0.05, 0.1) is 6.42 Å². The first kappa shape index (κ1) is 16.5. The average Bonchev–Trinajstić information content (AvgIpc) is 2.52. The molecule has 1 aliphatic rings. The Balaban J connectivity index is 1.86. The van der Waals surface area contributed by atoms with Crippen LogP contribution in [0.15, 0.2) is 12.4 Å². The van der Waals surface area contributed by atoms with Crippen molar-refractivity contribution in [1.82, 2.24) is 14.9 Å². The first-order chi connectivity index (χ1) is 10.4. The van der Waals surface area contributed by atoms with Crippen molar-refractivity contribution in [3.05, 3.63) is 18.1 Å². The van der Waals surface area contributed by atoms with Gasteiger partial charge in [-0.05, 0) is 6.42 Å². The zero-order valence-corrected chi connectivity index (χ0v) is 12.4. The highest BCUT2D eigenvalue weighted by molar-refractivity contribution is 5.76. The third-order valence-corrected chi connectivity index (χ3v) is 3.65. The number of nitrogens with zero attached hydrogens (tertiary/aromatic N) is 4. The lowest BCUT2D eigenvalue weighted by Crippen LogP contribution is -2.49. The predicted molar refractivity (Wildman–Crippen MR) is 75.5 cm³/mol. The SMILES string of the molecule is CCc1cc(N2CCN(C(=O)CCC(F)(F)F)CC2)ncn1. The number of anilines is 1. The third kappa shape index (κ3) is 4.57. The van der Waals surface area contributed by atoms with Crippen molar-refractivity contribution in [3.63, 3.8) is 0 Å². The summed E-state index contributed by atoms with van der Waals surface area (Å²) < 4.78 is 36.4. The number of aryl methyl sites for hydroxylation is 1. The molecule has 2 heterocycles. The summed E-state index contributed by atoms with van der Waals surface area (Å²) in [5.41, 5.74) is 0.939. The number of alkyl halides is 3. The van der Waals surface area contributed by atoms with Crippen molar-refractivity contribution < 1.29 is 18.0 Å². The normalized spacial score (nSPS) is 16.0. The van der Waals surface area contributed by atoms with E-state index in [1.807, 2.05) is 17.9 Å². The van der Waals surface area contributed by atoms with Crippen LogP contribution in [0.4, 0.5) is 19.0 Å². The molecule has 1 aliphatic heterocycles. The van der Waals surface area contributed by atoms with E-state index in [4.69, 9.17) is 0 Å². The zero-order valence-electron chi connectivity index (χ0n) is 12.4. The summed E-state index contributed by atoms with van der Waals surface area (Å²) in [5.74, 6) is 0.364. The average molecular weight is 316 g/mol. The fraction of sp³-hybridized carbons (Fsp3) is 0.643. The molecular weight excluding hydrogens is 297 g/mol. The molecular formula is C14H19F3N4O. The highest BCUT2D eigenvalue weighted by atomic mass is 19.4.